The summed E-state index contributed by atoms with van der Waals surface area (Å²) in [6.07, 6.45) is 0. The Hall–Kier alpha value is -10.4. The van der Waals surface area contributed by atoms with Crippen molar-refractivity contribution in [1.82, 2.24) is 4.57 Å². The second-order valence-electron chi connectivity index (χ2n) is 18.4. The van der Waals surface area contributed by atoms with E-state index in [1.165, 1.54) is 0 Å². The fourth-order valence-electron chi connectivity index (χ4n) is 10.1. The number of aromatic nitrogens is 1. The highest BCUT2D eigenvalue weighted by molar-refractivity contribution is 6.14. The number of anilines is 9. The molecule has 0 radical (unpaired) electrons. The highest BCUT2D eigenvalue weighted by Crippen LogP contribution is 2.52. The molecular weight excluding hydrogens is 883 g/mol. The van der Waals surface area contributed by atoms with Gasteiger partial charge in [0.15, 0.2) is 0 Å². The maximum Gasteiger partial charge on any atom is 0.0991 e. The number of hydrogen-bond acceptors (Lipinski definition) is 8. The smallest absolute Gasteiger partial charge is 0.0991 e. The Kier molecular flexibility index (Phi) is 10.8. The molecule has 1 aromatic heterocycles. The molecule has 0 amide bonds. The lowest BCUT2D eigenvalue weighted by Crippen LogP contribution is -2.27. The van der Waals surface area contributed by atoms with Crippen molar-refractivity contribution in [3.63, 3.8) is 0 Å². The molecule has 1 aliphatic rings. The number of rotatable bonds is 9. The van der Waals surface area contributed by atoms with Gasteiger partial charge in [0, 0.05) is 67.4 Å². The third kappa shape index (κ3) is 7.47. The van der Waals surface area contributed by atoms with Crippen LogP contribution in [0.2, 0.25) is 0 Å². The van der Waals surface area contributed by atoms with Gasteiger partial charge in [-0.15, -0.1) is 0 Å². The average Bonchev–Trinajstić information content (AvgIpc) is 3.75. The van der Waals surface area contributed by atoms with Crippen LogP contribution in [0.1, 0.15) is 58.4 Å². The minimum Gasteiger partial charge on any atom is -0.310 e. The Balaban J connectivity index is 1.19. The summed E-state index contributed by atoms with van der Waals surface area (Å²) in [5.74, 6) is 0. The second kappa shape index (κ2) is 17.6. The first-order chi connectivity index (χ1) is 35.1. The molecule has 0 aliphatic carbocycles. The molecule has 0 fully saturated rings. The van der Waals surface area contributed by atoms with Gasteiger partial charge in [-0.2, -0.15) is 26.3 Å². The van der Waals surface area contributed by atoms with E-state index in [-0.39, 0.29) is 0 Å². The van der Waals surface area contributed by atoms with Gasteiger partial charge in [0.25, 0.3) is 0 Å². The second-order valence-corrected chi connectivity index (χ2v) is 18.4. The van der Waals surface area contributed by atoms with Crippen LogP contribution in [0.15, 0.2) is 194 Å². The van der Waals surface area contributed by atoms with Crippen molar-refractivity contribution >= 4 is 73.0 Å². The molecule has 0 atom stereocenters. The molecule has 11 rings (SSSR count). The van der Waals surface area contributed by atoms with E-state index in [1.54, 1.807) is 0 Å². The summed E-state index contributed by atoms with van der Waals surface area (Å²) in [5.41, 5.74) is 16.7. The van der Waals surface area contributed by atoms with Gasteiger partial charge in [-0.3, -0.25) is 0 Å². The molecule has 0 spiro atoms. The molecule has 9 heteroatoms. The Labute approximate surface area is 417 Å². The molecule has 338 valence electrons. The first kappa shape index (κ1) is 44.2. The number of nitriles is 5. The van der Waals surface area contributed by atoms with Crippen LogP contribution < -0.4 is 14.7 Å². The van der Waals surface area contributed by atoms with Gasteiger partial charge in [0.1, 0.15) is 0 Å². The molecule has 0 bridgehead atoms. The molecule has 1 aliphatic heterocycles. The molecule has 72 heavy (non-hydrogen) atoms. The van der Waals surface area contributed by atoms with Crippen LogP contribution in [0, 0.1) is 63.6 Å². The van der Waals surface area contributed by atoms with E-state index >= 15 is 0 Å². The van der Waals surface area contributed by atoms with E-state index in [0.717, 1.165) is 95.4 Å². The number of hydrogen-bond donors (Lipinski definition) is 0. The zero-order valence-corrected chi connectivity index (χ0v) is 39.5. The van der Waals surface area contributed by atoms with Gasteiger partial charge in [-0.1, -0.05) is 31.5 Å². The summed E-state index contributed by atoms with van der Waals surface area (Å²) >= 11 is 0. The molecule has 10 aromatic rings. The molecule has 9 aromatic carbocycles. The van der Waals surface area contributed by atoms with Gasteiger partial charge in [-0.05, 0) is 200 Å². The average molecular weight is 924 g/mol. The van der Waals surface area contributed by atoms with Crippen LogP contribution in [0.3, 0.4) is 0 Å². The minimum absolute atomic E-state index is 0.553. The summed E-state index contributed by atoms with van der Waals surface area (Å²) in [6, 6.07) is 75.3. The van der Waals surface area contributed by atoms with Crippen molar-refractivity contribution in [1.29, 1.82) is 26.3 Å². The van der Waals surface area contributed by atoms with E-state index in [2.05, 4.69) is 143 Å². The zero-order chi connectivity index (χ0) is 49.7. The minimum atomic E-state index is -0.575. The Morgan fingerprint density at radius 3 is 1.07 bits per heavy atom. The standard InChI is InChI=1S/C63H41N9/c1-41-4-16-47(17-5-41)71(52-26-14-46(40-68)15-27-52)55-33-57-56-32-53(69(48-18-6-42(36-64)7-19-48)49-20-8-43(37-65)9-21-49)28-30-60(56)72-61-31-29-54(34-58(61)63(2,3)59(35-55)62(57)72)70(50-22-10-44(38-66)11-23-50)51-24-12-45(39-67)13-25-51/h4-35H,1-3H3. The summed E-state index contributed by atoms with van der Waals surface area (Å²) < 4.78 is 2.39. The summed E-state index contributed by atoms with van der Waals surface area (Å²) in [4.78, 5) is 6.56. The number of nitrogens with zero attached hydrogens (tertiary/aromatic N) is 9. The fraction of sp³-hybridized carbons (Fsp3) is 0.0635. The van der Waals surface area contributed by atoms with Gasteiger partial charge in [0.05, 0.1) is 74.9 Å². The highest BCUT2D eigenvalue weighted by atomic mass is 15.2. The van der Waals surface area contributed by atoms with Crippen molar-refractivity contribution in [3.05, 3.63) is 239 Å². The van der Waals surface area contributed by atoms with Crippen molar-refractivity contribution in [2.24, 2.45) is 0 Å². The Bertz CT molecular complexity index is 3870. The third-order valence-corrected chi connectivity index (χ3v) is 13.7. The molecular formula is C63H41N9. The van der Waals surface area contributed by atoms with Crippen LogP contribution in [-0.2, 0) is 5.41 Å². The van der Waals surface area contributed by atoms with Crippen LogP contribution >= 0.6 is 0 Å². The molecule has 0 N–H and O–H groups in total. The van der Waals surface area contributed by atoms with E-state index in [0.29, 0.717) is 27.8 Å². The Morgan fingerprint density at radius 2 is 0.667 bits per heavy atom. The van der Waals surface area contributed by atoms with Crippen molar-refractivity contribution in [2.45, 2.75) is 26.2 Å². The summed E-state index contributed by atoms with van der Waals surface area (Å²) in [5, 5.41) is 50.8. The molecule has 0 saturated heterocycles. The third-order valence-electron chi connectivity index (χ3n) is 13.7. The van der Waals surface area contributed by atoms with Crippen molar-refractivity contribution < 1.29 is 0 Å². The fourth-order valence-corrected chi connectivity index (χ4v) is 10.1. The largest absolute Gasteiger partial charge is 0.310 e. The van der Waals surface area contributed by atoms with Gasteiger partial charge in [-0.25, -0.2) is 0 Å². The quantitative estimate of drug-likeness (QED) is 0.140. The monoisotopic (exact) mass is 923 g/mol. The molecule has 9 nitrogen and oxygen atoms in total. The lowest BCUT2D eigenvalue weighted by Gasteiger charge is -2.37. The number of aryl methyl sites for hydroxylation is 1. The van der Waals surface area contributed by atoms with Crippen LogP contribution in [0.4, 0.5) is 51.2 Å². The maximum absolute atomic E-state index is 9.82. The lowest BCUT2D eigenvalue weighted by molar-refractivity contribution is 0.630. The van der Waals surface area contributed by atoms with Gasteiger partial charge in [0.2, 0.25) is 0 Å². The molecule has 2 heterocycles. The zero-order valence-electron chi connectivity index (χ0n) is 39.5. The SMILES string of the molecule is Cc1ccc(N(c2ccc(C#N)cc2)c2cc3c4c(c2)c2cc(N(c5ccc(C#N)cc5)c5ccc(C#N)cc5)ccc2n4-c2ccc(N(c4ccc(C#N)cc4)c4ccc(C#N)cc4)cc2C3(C)C)cc1. The van der Waals surface area contributed by atoms with Crippen LogP contribution in [-0.4, -0.2) is 4.57 Å². The highest BCUT2D eigenvalue weighted by Gasteiger charge is 2.37. The lowest BCUT2D eigenvalue weighted by atomic mass is 9.74. The van der Waals surface area contributed by atoms with Crippen molar-refractivity contribution in [2.75, 3.05) is 14.7 Å². The predicted octanol–water partition coefficient (Wildman–Crippen LogP) is 15.5. The van der Waals surface area contributed by atoms with Crippen LogP contribution in [0.25, 0.3) is 27.5 Å². The Morgan fingerprint density at radius 1 is 0.347 bits per heavy atom. The van der Waals surface area contributed by atoms with E-state index in [9.17, 15) is 26.3 Å². The topological polar surface area (TPSA) is 134 Å². The summed E-state index contributed by atoms with van der Waals surface area (Å²) in [7, 11) is 0. The molecule has 0 saturated carbocycles. The summed E-state index contributed by atoms with van der Waals surface area (Å²) in [6.45, 7) is 6.64. The normalized spacial score (nSPS) is 11.9. The number of benzene rings is 9. The van der Waals surface area contributed by atoms with Gasteiger partial charge < -0.3 is 19.3 Å². The first-order valence-corrected chi connectivity index (χ1v) is 23.4. The van der Waals surface area contributed by atoms with Crippen molar-refractivity contribution in [3.8, 4) is 36.0 Å². The number of fused-ring (bicyclic) bond motifs is 5. The van der Waals surface area contributed by atoms with E-state index in [4.69, 9.17) is 0 Å². The van der Waals surface area contributed by atoms with Crippen LogP contribution in [0.5, 0.6) is 0 Å². The maximum atomic E-state index is 9.82. The first-order valence-electron chi connectivity index (χ1n) is 23.4. The molecule has 0 unspecified atom stereocenters. The van der Waals surface area contributed by atoms with E-state index in [1.807, 2.05) is 121 Å². The van der Waals surface area contributed by atoms with Gasteiger partial charge >= 0.3 is 0 Å². The van der Waals surface area contributed by atoms with E-state index < -0.39 is 5.41 Å². The predicted molar refractivity (Wildman–Crippen MR) is 285 cm³/mol.